The van der Waals surface area contributed by atoms with Gasteiger partial charge in [-0.15, -0.1) is 11.3 Å². The van der Waals surface area contributed by atoms with Crippen LogP contribution in [-0.4, -0.2) is 63.6 Å². The molecular formula is C22H24N6O3S. The number of rotatable bonds is 5. The predicted octanol–water partition coefficient (Wildman–Crippen LogP) is 2.98. The molecule has 10 heteroatoms. The molecule has 2 aliphatic heterocycles. The zero-order valence-corrected chi connectivity index (χ0v) is 18.8. The molecule has 2 aliphatic rings. The minimum absolute atomic E-state index is 0.0432. The first-order chi connectivity index (χ1) is 15.5. The minimum atomic E-state index is -0.0432. The molecule has 0 radical (unpaired) electrons. The zero-order valence-electron chi connectivity index (χ0n) is 18.0. The lowest BCUT2D eigenvalue weighted by molar-refractivity contribution is 0.0623. The van der Waals surface area contributed by atoms with Crippen molar-refractivity contribution < 1.29 is 14.3 Å². The van der Waals surface area contributed by atoms with Crippen LogP contribution < -0.4 is 14.8 Å². The number of anilines is 2. The average Bonchev–Trinajstić information content (AvgIpc) is 3.42. The van der Waals surface area contributed by atoms with E-state index in [4.69, 9.17) is 9.47 Å². The molecule has 4 heterocycles. The molecule has 2 aromatic heterocycles. The van der Waals surface area contributed by atoms with E-state index in [1.807, 2.05) is 36.9 Å². The summed E-state index contributed by atoms with van der Waals surface area (Å²) in [5, 5.41) is 5.50. The molecule has 0 unspecified atom stereocenters. The van der Waals surface area contributed by atoms with Crippen LogP contribution in [0.4, 0.5) is 11.1 Å². The Morgan fingerprint density at radius 1 is 1.03 bits per heavy atom. The van der Waals surface area contributed by atoms with E-state index in [1.54, 1.807) is 5.38 Å². The van der Waals surface area contributed by atoms with Gasteiger partial charge in [0.15, 0.2) is 16.6 Å². The van der Waals surface area contributed by atoms with E-state index in [9.17, 15) is 4.79 Å². The van der Waals surface area contributed by atoms with Crippen molar-refractivity contribution >= 4 is 28.3 Å². The molecule has 0 aliphatic carbocycles. The van der Waals surface area contributed by atoms with Crippen LogP contribution >= 0.6 is 11.3 Å². The Bertz CT molecular complexity index is 1120. The lowest BCUT2D eigenvalue weighted by Crippen LogP contribution is -2.48. The highest BCUT2D eigenvalue weighted by atomic mass is 32.1. The highest BCUT2D eigenvalue weighted by Crippen LogP contribution is 2.33. The number of aryl methyl sites for hydroxylation is 2. The second-order valence-corrected chi connectivity index (χ2v) is 8.75. The van der Waals surface area contributed by atoms with Gasteiger partial charge >= 0.3 is 0 Å². The monoisotopic (exact) mass is 452 g/mol. The normalized spacial score (nSPS) is 15.8. The predicted molar refractivity (Wildman–Crippen MR) is 121 cm³/mol. The standard InChI is InChI=1S/C22H24N6O3S/c1-14-9-15(2)24-21(23-14)26-22-25-17(12-32-22)20(29)28-7-5-27(6-8-28)11-16-3-4-18-19(10-16)31-13-30-18/h3-4,9-10,12H,5-8,11,13H2,1-2H3,(H,23,24,25,26). The summed E-state index contributed by atoms with van der Waals surface area (Å²) in [5.41, 5.74) is 3.39. The Balaban J connectivity index is 1.16. The number of hydrogen-bond donors (Lipinski definition) is 1. The molecule has 0 spiro atoms. The molecule has 3 aromatic rings. The molecular weight excluding hydrogens is 428 g/mol. The lowest BCUT2D eigenvalue weighted by atomic mass is 10.1. The molecule has 1 saturated heterocycles. The SMILES string of the molecule is Cc1cc(C)nc(Nc2nc(C(=O)N3CCN(Cc4ccc5c(c4)OCO5)CC3)cs2)n1. The molecule has 5 rings (SSSR count). The van der Waals surface area contributed by atoms with Crippen molar-refractivity contribution in [3.63, 3.8) is 0 Å². The quantitative estimate of drug-likeness (QED) is 0.632. The van der Waals surface area contributed by atoms with E-state index in [2.05, 4.69) is 31.2 Å². The molecule has 1 fully saturated rings. The summed E-state index contributed by atoms with van der Waals surface area (Å²) in [7, 11) is 0. The summed E-state index contributed by atoms with van der Waals surface area (Å²) < 4.78 is 10.8. The van der Waals surface area contributed by atoms with Crippen molar-refractivity contribution in [3.8, 4) is 11.5 Å². The van der Waals surface area contributed by atoms with Crippen LogP contribution in [0.2, 0.25) is 0 Å². The van der Waals surface area contributed by atoms with Gasteiger partial charge in [-0.3, -0.25) is 9.69 Å². The van der Waals surface area contributed by atoms with Crippen LogP contribution in [0.5, 0.6) is 11.5 Å². The maximum Gasteiger partial charge on any atom is 0.273 e. The first kappa shape index (κ1) is 20.7. The summed E-state index contributed by atoms with van der Waals surface area (Å²) in [6, 6.07) is 7.96. The maximum atomic E-state index is 12.9. The van der Waals surface area contributed by atoms with Crippen LogP contribution in [0.1, 0.15) is 27.4 Å². The Hall–Kier alpha value is -3.24. The summed E-state index contributed by atoms with van der Waals surface area (Å²) in [5.74, 6) is 2.05. The minimum Gasteiger partial charge on any atom is -0.454 e. The summed E-state index contributed by atoms with van der Waals surface area (Å²) in [6.07, 6.45) is 0. The number of benzene rings is 1. The highest BCUT2D eigenvalue weighted by Gasteiger charge is 2.24. The number of hydrogen-bond acceptors (Lipinski definition) is 9. The molecule has 166 valence electrons. The number of nitrogens with zero attached hydrogens (tertiary/aromatic N) is 5. The van der Waals surface area contributed by atoms with Crippen molar-refractivity contribution in [2.45, 2.75) is 20.4 Å². The number of piperazine rings is 1. The fourth-order valence-corrected chi connectivity index (χ4v) is 4.55. The van der Waals surface area contributed by atoms with E-state index in [0.29, 0.717) is 29.9 Å². The van der Waals surface area contributed by atoms with Gasteiger partial charge < -0.3 is 19.7 Å². The maximum absolute atomic E-state index is 12.9. The fourth-order valence-electron chi connectivity index (χ4n) is 3.88. The van der Waals surface area contributed by atoms with Crippen molar-refractivity contribution in [2.24, 2.45) is 0 Å². The number of fused-ring (bicyclic) bond motifs is 1. The van der Waals surface area contributed by atoms with Gasteiger partial charge in [0.05, 0.1) is 0 Å². The number of thiazole rings is 1. The summed E-state index contributed by atoms with van der Waals surface area (Å²) in [4.78, 5) is 30.3. The van der Waals surface area contributed by atoms with Crippen molar-refractivity contribution in [2.75, 3.05) is 38.3 Å². The van der Waals surface area contributed by atoms with Crippen molar-refractivity contribution in [1.82, 2.24) is 24.8 Å². The zero-order chi connectivity index (χ0) is 22.1. The molecule has 1 amide bonds. The third kappa shape index (κ3) is 4.51. The van der Waals surface area contributed by atoms with Crippen molar-refractivity contribution in [1.29, 1.82) is 0 Å². The van der Waals surface area contributed by atoms with Crippen molar-refractivity contribution in [3.05, 3.63) is 52.3 Å². The van der Waals surface area contributed by atoms with Gasteiger partial charge in [0.25, 0.3) is 5.91 Å². The van der Waals surface area contributed by atoms with Gasteiger partial charge in [-0.1, -0.05) is 6.07 Å². The van der Waals surface area contributed by atoms with Gasteiger partial charge in [-0.2, -0.15) is 0 Å². The van der Waals surface area contributed by atoms with Gasteiger partial charge in [0.2, 0.25) is 12.7 Å². The number of nitrogens with one attached hydrogen (secondary N) is 1. The third-order valence-electron chi connectivity index (χ3n) is 5.43. The average molecular weight is 453 g/mol. The van der Waals surface area contributed by atoms with Crippen LogP contribution in [0.25, 0.3) is 0 Å². The van der Waals surface area contributed by atoms with Crippen LogP contribution in [0.15, 0.2) is 29.6 Å². The largest absolute Gasteiger partial charge is 0.454 e. The Labute approximate surface area is 190 Å². The summed E-state index contributed by atoms with van der Waals surface area (Å²) >= 11 is 1.38. The third-order valence-corrected chi connectivity index (χ3v) is 6.18. The second-order valence-electron chi connectivity index (χ2n) is 7.89. The van der Waals surface area contributed by atoms with Crippen LogP contribution in [0.3, 0.4) is 0 Å². The first-order valence-corrected chi connectivity index (χ1v) is 11.4. The molecule has 9 nitrogen and oxygen atoms in total. The highest BCUT2D eigenvalue weighted by molar-refractivity contribution is 7.14. The fraction of sp³-hybridized carbons (Fsp3) is 0.364. The molecule has 1 aromatic carbocycles. The second kappa shape index (κ2) is 8.71. The smallest absolute Gasteiger partial charge is 0.273 e. The van der Waals surface area contributed by atoms with Crippen LogP contribution in [-0.2, 0) is 6.54 Å². The Morgan fingerprint density at radius 2 is 1.78 bits per heavy atom. The number of ether oxygens (including phenoxy) is 2. The van der Waals surface area contributed by atoms with E-state index in [1.165, 1.54) is 16.9 Å². The van der Waals surface area contributed by atoms with Crippen LogP contribution in [0, 0.1) is 13.8 Å². The van der Waals surface area contributed by atoms with E-state index in [0.717, 1.165) is 42.5 Å². The van der Waals surface area contributed by atoms with Gasteiger partial charge in [0.1, 0.15) is 5.69 Å². The molecule has 0 atom stereocenters. The Morgan fingerprint density at radius 3 is 2.56 bits per heavy atom. The molecule has 1 N–H and O–H groups in total. The van der Waals surface area contributed by atoms with Gasteiger partial charge in [-0.25, -0.2) is 15.0 Å². The number of aromatic nitrogens is 3. The number of carbonyl (C=O) groups excluding carboxylic acids is 1. The topological polar surface area (TPSA) is 92.7 Å². The van der Waals surface area contributed by atoms with E-state index in [-0.39, 0.29) is 12.7 Å². The Kier molecular flexibility index (Phi) is 5.62. The summed E-state index contributed by atoms with van der Waals surface area (Å²) in [6.45, 7) is 7.90. The molecule has 32 heavy (non-hydrogen) atoms. The van der Waals surface area contributed by atoms with Gasteiger partial charge in [0, 0.05) is 49.5 Å². The first-order valence-electron chi connectivity index (χ1n) is 10.5. The number of carbonyl (C=O) groups is 1. The molecule has 0 saturated carbocycles. The van der Waals surface area contributed by atoms with Gasteiger partial charge in [-0.05, 0) is 37.6 Å². The van der Waals surface area contributed by atoms with E-state index < -0.39 is 0 Å². The van der Waals surface area contributed by atoms with E-state index >= 15 is 0 Å². The molecule has 0 bridgehead atoms. The lowest BCUT2D eigenvalue weighted by Gasteiger charge is -2.34. The number of amides is 1.